The number of fused-ring (bicyclic) bond motifs is 1. The third-order valence-corrected chi connectivity index (χ3v) is 6.01. The van der Waals surface area contributed by atoms with Crippen molar-refractivity contribution in [2.24, 2.45) is 0 Å². The molecule has 2 aromatic rings. The number of carbonyl (C=O) groups is 1. The number of morpholine rings is 1. The van der Waals surface area contributed by atoms with Crippen LogP contribution in [0.1, 0.15) is 41.1 Å². The van der Waals surface area contributed by atoms with Gasteiger partial charge in [0.15, 0.2) is 0 Å². The van der Waals surface area contributed by atoms with Crippen LogP contribution in [0.2, 0.25) is 0 Å². The normalized spacial score (nSPS) is 18.8. The molecule has 8 heteroatoms. The highest BCUT2D eigenvalue weighted by molar-refractivity contribution is 5.74. The molecule has 2 N–H and O–H groups in total. The molecule has 1 fully saturated rings. The molecule has 1 aliphatic heterocycles. The molecular formula is C24H29F2N3O3. The molecule has 2 aliphatic rings. The quantitative estimate of drug-likeness (QED) is 0.676. The number of ether oxygens (including phenoxy) is 2. The van der Waals surface area contributed by atoms with E-state index in [0.29, 0.717) is 6.54 Å². The molecule has 4 rings (SSSR count). The minimum Gasteiger partial charge on any atom is -0.435 e. The maximum absolute atomic E-state index is 12.6. The van der Waals surface area contributed by atoms with Gasteiger partial charge in [0.05, 0.1) is 19.3 Å². The number of amides is 2. The zero-order valence-corrected chi connectivity index (χ0v) is 18.0. The predicted molar refractivity (Wildman–Crippen MR) is 117 cm³/mol. The van der Waals surface area contributed by atoms with Gasteiger partial charge in [-0.05, 0) is 53.6 Å². The van der Waals surface area contributed by atoms with Crippen molar-refractivity contribution in [3.8, 4) is 5.75 Å². The van der Waals surface area contributed by atoms with Crippen molar-refractivity contribution in [3.63, 3.8) is 0 Å². The third kappa shape index (κ3) is 5.95. The van der Waals surface area contributed by atoms with E-state index in [-0.39, 0.29) is 17.8 Å². The number of nitrogens with zero attached hydrogens (tertiary/aromatic N) is 1. The van der Waals surface area contributed by atoms with Gasteiger partial charge in [-0.1, -0.05) is 30.3 Å². The topological polar surface area (TPSA) is 62.8 Å². The zero-order valence-electron chi connectivity index (χ0n) is 18.0. The number of urea groups is 1. The van der Waals surface area contributed by atoms with Gasteiger partial charge in [0.2, 0.25) is 0 Å². The fraction of sp³-hybridized carbons (Fsp3) is 0.458. The highest BCUT2D eigenvalue weighted by atomic mass is 19.3. The van der Waals surface area contributed by atoms with Crippen molar-refractivity contribution < 1.29 is 23.0 Å². The molecule has 0 aromatic heterocycles. The summed E-state index contributed by atoms with van der Waals surface area (Å²) in [4.78, 5) is 15.0. The first-order valence-corrected chi connectivity index (χ1v) is 11.1. The van der Waals surface area contributed by atoms with Gasteiger partial charge in [-0.2, -0.15) is 8.78 Å². The van der Waals surface area contributed by atoms with Crippen LogP contribution in [0, 0.1) is 0 Å². The van der Waals surface area contributed by atoms with E-state index in [1.807, 2.05) is 18.2 Å². The Labute approximate surface area is 186 Å². The molecule has 0 radical (unpaired) electrons. The van der Waals surface area contributed by atoms with Crippen LogP contribution in [0.15, 0.2) is 42.5 Å². The minimum absolute atomic E-state index is 0.150. The lowest BCUT2D eigenvalue weighted by Crippen LogP contribution is -2.39. The Morgan fingerprint density at radius 1 is 1.16 bits per heavy atom. The number of benzene rings is 2. The van der Waals surface area contributed by atoms with E-state index in [1.54, 1.807) is 12.1 Å². The molecule has 172 valence electrons. The second-order valence-corrected chi connectivity index (χ2v) is 8.17. The number of rotatable bonds is 7. The smallest absolute Gasteiger partial charge is 0.387 e. The first-order valence-electron chi connectivity index (χ1n) is 11.1. The summed E-state index contributed by atoms with van der Waals surface area (Å²) >= 11 is 0. The number of halogens is 2. The van der Waals surface area contributed by atoms with Gasteiger partial charge in [-0.25, -0.2) is 4.79 Å². The van der Waals surface area contributed by atoms with Crippen LogP contribution in [0.4, 0.5) is 13.6 Å². The predicted octanol–water partition coefficient (Wildman–Crippen LogP) is 4.00. The van der Waals surface area contributed by atoms with Crippen molar-refractivity contribution in [2.75, 3.05) is 26.3 Å². The maximum Gasteiger partial charge on any atom is 0.387 e. The molecule has 1 saturated heterocycles. The van der Waals surface area contributed by atoms with Crippen LogP contribution >= 0.6 is 0 Å². The average molecular weight is 446 g/mol. The molecule has 2 amide bonds. The maximum atomic E-state index is 12.6. The second-order valence-electron chi connectivity index (χ2n) is 8.17. The van der Waals surface area contributed by atoms with Crippen molar-refractivity contribution in [1.29, 1.82) is 0 Å². The number of hydrogen-bond acceptors (Lipinski definition) is 4. The van der Waals surface area contributed by atoms with Gasteiger partial charge in [0, 0.05) is 26.2 Å². The minimum atomic E-state index is -2.84. The Morgan fingerprint density at radius 2 is 1.94 bits per heavy atom. The molecule has 1 aliphatic carbocycles. The first kappa shape index (κ1) is 22.5. The molecule has 0 bridgehead atoms. The standard InChI is InChI=1S/C24H29F2N3O3/c25-23(26)32-20-8-9-21-17(14-20)6-3-7-22(21)28-24(30)27-15-18-4-1-2-5-19(18)16-29-10-12-31-13-11-29/h1-2,4-5,8-9,14,22-23H,3,6-7,10-13,15-16H2,(H2,27,28,30). The summed E-state index contributed by atoms with van der Waals surface area (Å²) in [6, 6.07) is 12.7. The molecule has 1 atom stereocenters. The number of aryl methyl sites for hydroxylation is 1. The summed E-state index contributed by atoms with van der Waals surface area (Å²) in [6.07, 6.45) is 2.46. The van der Waals surface area contributed by atoms with E-state index < -0.39 is 6.61 Å². The second kappa shape index (κ2) is 10.7. The van der Waals surface area contributed by atoms with Crippen molar-refractivity contribution in [3.05, 3.63) is 64.7 Å². The van der Waals surface area contributed by atoms with Crippen LogP contribution in [0.25, 0.3) is 0 Å². The number of alkyl halides is 2. The van der Waals surface area contributed by atoms with Crippen LogP contribution < -0.4 is 15.4 Å². The fourth-order valence-corrected chi connectivity index (χ4v) is 4.39. The van der Waals surface area contributed by atoms with Gasteiger partial charge in [-0.15, -0.1) is 0 Å². The molecule has 6 nitrogen and oxygen atoms in total. The highest BCUT2D eigenvalue weighted by Crippen LogP contribution is 2.32. The average Bonchev–Trinajstić information content (AvgIpc) is 2.79. The van der Waals surface area contributed by atoms with Gasteiger partial charge >= 0.3 is 12.6 Å². The Kier molecular flexibility index (Phi) is 7.55. The molecule has 0 saturated carbocycles. The van der Waals surface area contributed by atoms with Gasteiger partial charge in [0.25, 0.3) is 0 Å². The lowest BCUT2D eigenvalue weighted by atomic mass is 9.87. The molecule has 2 aromatic carbocycles. The third-order valence-electron chi connectivity index (χ3n) is 6.01. The summed E-state index contributed by atoms with van der Waals surface area (Å²) < 4.78 is 34.9. The Hall–Kier alpha value is -2.71. The van der Waals surface area contributed by atoms with Crippen LogP contribution in [0.3, 0.4) is 0 Å². The van der Waals surface area contributed by atoms with E-state index in [2.05, 4.69) is 26.3 Å². The highest BCUT2D eigenvalue weighted by Gasteiger charge is 2.23. The van der Waals surface area contributed by atoms with E-state index in [1.165, 1.54) is 11.6 Å². The Bertz CT molecular complexity index is 919. The lowest BCUT2D eigenvalue weighted by Gasteiger charge is -2.28. The Balaban J connectivity index is 1.34. The summed E-state index contributed by atoms with van der Waals surface area (Å²) in [5.41, 5.74) is 4.19. The van der Waals surface area contributed by atoms with E-state index in [4.69, 9.17) is 4.74 Å². The Morgan fingerprint density at radius 3 is 2.72 bits per heavy atom. The molecule has 0 spiro atoms. The van der Waals surface area contributed by atoms with E-state index in [0.717, 1.165) is 68.8 Å². The first-order chi connectivity index (χ1) is 15.6. The molecule has 1 unspecified atom stereocenters. The van der Waals surface area contributed by atoms with Crippen molar-refractivity contribution >= 4 is 6.03 Å². The van der Waals surface area contributed by atoms with Gasteiger partial charge < -0.3 is 20.1 Å². The van der Waals surface area contributed by atoms with E-state index >= 15 is 0 Å². The summed E-state index contributed by atoms with van der Waals surface area (Å²) in [5, 5.41) is 6.02. The lowest BCUT2D eigenvalue weighted by molar-refractivity contribution is -0.0499. The summed E-state index contributed by atoms with van der Waals surface area (Å²) in [6.45, 7) is 1.75. The number of nitrogens with one attached hydrogen (secondary N) is 2. The van der Waals surface area contributed by atoms with Crippen LogP contribution in [0.5, 0.6) is 5.75 Å². The zero-order chi connectivity index (χ0) is 22.3. The van der Waals surface area contributed by atoms with Crippen molar-refractivity contribution in [1.82, 2.24) is 15.5 Å². The van der Waals surface area contributed by atoms with Gasteiger partial charge in [-0.3, -0.25) is 4.90 Å². The summed E-state index contributed by atoms with van der Waals surface area (Å²) in [7, 11) is 0. The molecule has 32 heavy (non-hydrogen) atoms. The van der Waals surface area contributed by atoms with Gasteiger partial charge in [0.1, 0.15) is 5.75 Å². The van der Waals surface area contributed by atoms with Crippen molar-refractivity contribution in [2.45, 2.75) is 45.0 Å². The largest absolute Gasteiger partial charge is 0.435 e. The monoisotopic (exact) mass is 445 g/mol. The number of carbonyl (C=O) groups excluding carboxylic acids is 1. The SMILES string of the molecule is O=C(NCc1ccccc1CN1CCOCC1)NC1CCCc2cc(OC(F)F)ccc21. The summed E-state index contributed by atoms with van der Waals surface area (Å²) in [5.74, 6) is 0.153. The molecular weight excluding hydrogens is 416 g/mol. The fourth-order valence-electron chi connectivity index (χ4n) is 4.39. The van der Waals surface area contributed by atoms with E-state index in [9.17, 15) is 13.6 Å². The number of hydrogen-bond donors (Lipinski definition) is 2. The molecule has 1 heterocycles. The van der Waals surface area contributed by atoms with Crippen LogP contribution in [-0.4, -0.2) is 43.8 Å². The van der Waals surface area contributed by atoms with Crippen LogP contribution in [-0.2, 0) is 24.2 Å².